The number of unbranched alkanes of at least 4 members (excludes halogenated alkanes) is 1. The van der Waals surface area contributed by atoms with E-state index in [1.165, 1.54) is 0 Å². The quantitative estimate of drug-likeness (QED) is 0.238. The van der Waals surface area contributed by atoms with Crippen LogP contribution in [0.25, 0.3) is 0 Å². The molecule has 0 aromatic carbocycles. The topological polar surface area (TPSA) is 88.1 Å². The van der Waals surface area contributed by atoms with Gasteiger partial charge in [-0.2, -0.15) is 8.42 Å². The van der Waals surface area contributed by atoms with Gasteiger partial charge in [-0.15, -0.1) is 0 Å². The molecule has 9 heteroatoms. The van der Waals surface area contributed by atoms with Gasteiger partial charge in [0.05, 0.1) is 5.25 Å². The SMILES string of the molecule is CCCC(CCCC[Si](OCC)(OCC)OCC)S(=O)(=O)OC(C)=O. The highest BCUT2D eigenvalue weighted by atomic mass is 32.2. The molecule has 0 aromatic heterocycles. The minimum atomic E-state index is -3.86. The van der Waals surface area contributed by atoms with Crippen molar-refractivity contribution < 1.29 is 30.7 Å². The van der Waals surface area contributed by atoms with Crippen LogP contribution in [-0.4, -0.2) is 48.3 Å². The number of carbonyl (C=O) groups is 1. The highest BCUT2D eigenvalue weighted by Gasteiger charge is 2.39. The number of hydrogen-bond donors (Lipinski definition) is 0. The van der Waals surface area contributed by atoms with E-state index in [0.29, 0.717) is 51.5 Å². The summed E-state index contributed by atoms with van der Waals surface area (Å²) in [6.07, 6.45) is 3.04. The number of hydrogen-bond acceptors (Lipinski definition) is 7. The fraction of sp³-hybridized carbons (Fsp3) is 0.938. The van der Waals surface area contributed by atoms with Gasteiger partial charge in [0.25, 0.3) is 0 Å². The van der Waals surface area contributed by atoms with Crippen molar-refractivity contribution in [3.63, 3.8) is 0 Å². The van der Waals surface area contributed by atoms with E-state index in [-0.39, 0.29) is 0 Å². The van der Waals surface area contributed by atoms with Crippen LogP contribution in [0.1, 0.15) is 66.7 Å². The smallest absolute Gasteiger partial charge is 0.374 e. The molecule has 0 saturated carbocycles. The van der Waals surface area contributed by atoms with Crippen LogP contribution in [-0.2, 0) is 32.4 Å². The molecule has 1 atom stereocenters. The molecule has 0 aromatic rings. The maximum Gasteiger partial charge on any atom is 0.500 e. The zero-order chi connectivity index (χ0) is 19.3. The lowest BCUT2D eigenvalue weighted by Gasteiger charge is -2.28. The third-order valence-electron chi connectivity index (χ3n) is 3.60. The Labute approximate surface area is 153 Å². The summed E-state index contributed by atoms with van der Waals surface area (Å²) in [4.78, 5) is 11.0. The van der Waals surface area contributed by atoms with Crippen molar-refractivity contribution in [3.05, 3.63) is 0 Å². The molecule has 0 aliphatic carbocycles. The molecule has 1 unspecified atom stereocenters. The molecule has 0 rings (SSSR count). The second-order valence-corrected chi connectivity index (χ2v) is 10.3. The average Bonchev–Trinajstić information content (AvgIpc) is 2.50. The lowest BCUT2D eigenvalue weighted by molar-refractivity contribution is -0.131. The maximum atomic E-state index is 12.1. The zero-order valence-corrected chi connectivity index (χ0v) is 18.0. The molecule has 7 nitrogen and oxygen atoms in total. The van der Waals surface area contributed by atoms with Crippen molar-refractivity contribution in [2.75, 3.05) is 19.8 Å². The van der Waals surface area contributed by atoms with Crippen molar-refractivity contribution in [3.8, 4) is 0 Å². The molecule has 0 spiro atoms. The first-order chi connectivity index (χ1) is 11.8. The molecule has 0 heterocycles. The molecular formula is C16H34O7SSi. The molecule has 0 saturated heterocycles. The monoisotopic (exact) mass is 398 g/mol. The first kappa shape index (κ1) is 24.5. The van der Waals surface area contributed by atoms with E-state index in [2.05, 4.69) is 4.18 Å². The van der Waals surface area contributed by atoms with Gasteiger partial charge < -0.3 is 17.5 Å². The van der Waals surface area contributed by atoms with Crippen LogP contribution in [0.15, 0.2) is 0 Å². The molecule has 0 bridgehead atoms. The van der Waals surface area contributed by atoms with Crippen LogP contribution in [0, 0.1) is 0 Å². The summed E-state index contributed by atoms with van der Waals surface area (Å²) in [7, 11) is -6.56. The lowest BCUT2D eigenvalue weighted by Crippen LogP contribution is -2.45. The van der Waals surface area contributed by atoms with E-state index >= 15 is 0 Å². The van der Waals surface area contributed by atoms with Crippen molar-refractivity contribution in [1.29, 1.82) is 0 Å². The largest absolute Gasteiger partial charge is 0.500 e. The Morgan fingerprint density at radius 1 is 0.920 bits per heavy atom. The van der Waals surface area contributed by atoms with Gasteiger partial charge >= 0.3 is 24.9 Å². The highest BCUT2D eigenvalue weighted by Crippen LogP contribution is 2.23. The number of carbonyl (C=O) groups excluding carboxylic acids is 1. The maximum absolute atomic E-state index is 12.1. The fourth-order valence-electron chi connectivity index (χ4n) is 2.70. The van der Waals surface area contributed by atoms with E-state index in [4.69, 9.17) is 13.3 Å². The van der Waals surface area contributed by atoms with Crippen LogP contribution in [0.4, 0.5) is 0 Å². The predicted molar refractivity (Wildman–Crippen MR) is 98.7 cm³/mol. The van der Waals surface area contributed by atoms with Crippen molar-refractivity contribution in [2.45, 2.75) is 78.0 Å². The Balaban J connectivity index is 4.72. The van der Waals surface area contributed by atoms with E-state index < -0.39 is 30.1 Å². The Bertz CT molecular complexity index is 450. The minimum absolute atomic E-state index is 0.443. The summed E-state index contributed by atoms with van der Waals surface area (Å²) in [5.74, 6) is -0.795. The van der Waals surface area contributed by atoms with Gasteiger partial charge in [0.1, 0.15) is 0 Å². The van der Waals surface area contributed by atoms with Crippen LogP contribution in [0.5, 0.6) is 0 Å². The predicted octanol–water partition coefficient (Wildman–Crippen LogP) is 3.27. The van der Waals surface area contributed by atoms with E-state index in [1.807, 2.05) is 27.7 Å². The van der Waals surface area contributed by atoms with Crippen LogP contribution in [0.2, 0.25) is 6.04 Å². The van der Waals surface area contributed by atoms with Gasteiger partial charge in [-0.05, 0) is 40.0 Å². The molecule has 0 fully saturated rings. The van der Waals surface area contributed by atoms with Crippen LogP contribution < -0.4 is 0 Å². The Morgan fingerprint density at radius 3 is 1.84 bits per heavy atom. The van der Waals surface area contributed by atoms with Crippen molar-refractivity contribution in [2.24, 2.45) is 0 Å². The Hall–Kier alpha value is -0.483. The lowest BCUT2D eigenvalue weighted by atomic mass is 10.1. The third kappa shape index (κ3) is 9.69. The van der Waals surface area contributed by atoms with Gasteiger partial charge in [-0.1, -0.05) is 19.8 Å². The molecule has 0 aliphatic heterocycles. The highest BCUT2D eigenvalue weighted by molar-refractivity contribution is 7.87. The summed E-state index contributed by atoms with van der Waals surface area (Å²) < 4.78 is 46.2. The molecule has 0 radical (unpaired) electrons. The van der Waals surface area contributed by atoms with E-state index in [1.54, 1.807) is 0 Å². The molecule has 0 aliphatic rings. The first-order valence-electron chi connectivity index (χ1n) is 9.12. The summed E-state index contributed by atoms with van der Waals surface area (Å²) in [5.41, 5.74) is 0. The summed E-state index contributed by atoms with van der Waals surface area (Å²) in [5, 5.41) is -0.663. The fourth-order valence-corrected chi connectivity index (χ4v) is 6.83. The molecular weight excluding hydrogens is 364 g/mol. The Kier molecular flexibility index (Phi) is 12.6. The van der Waals surface area contributed by atoms with Crippen LogP contribution >= 0.6 is 0 Å². The standard InChI is InChI=1S/C16H34O7SSi/c1-6-12-16(24(18,19)23-15(5)17)13-10-11-14-25(20-7-2,21-8-3)22-9-4/h16H,6-14H2,1-5H3. The average molecular weight is 399 g/mol. The molecule has 150 valence electrons. The van der Waals surface area contributed by atoms with Gasteiger partial charge in [-0.25, -0.2) is 0 Å². The molecule has 0 N–H and O–H groups in total. The Morgan fingerprint density at radius 2 is 1.44 bits per heavy atom. The van der Waals surface area contributed by atoms with E-state index in [9.17, 15) is 13.2 Å². The van der Waals surface area contributed by atoms with Gasteiger partial charge in [0.2, 0.25) is 0 Å². The van der Waals surface area contributed by atoms with Crippen molar-refractivity contribution >= 4 is 24.9 Å². The molecule has 0 amide bonds. The zero-order valence-electron chi connectivity index (χ0n) is 16.2. The summed E-state index contributed by atoms with van der Waals surface area (Å²) in [6, 6.07) is 0.648. The van der Waals surface area contributed by atoms with Crippen LogP contribution in [0.3, 0.4) is 0 Å². The minimum Gasteiger partial charge on any atom is -0.374 e. The van der Waals surface area contributed by atoms with Crippen molar-refractivity contribution in [1.82, 2.24) is 0 Å². The van der Waals surface area contributed by atoms with E-state index in [0.717, 1.165) is 13.3 Å². The molecule has 25 heavy (non-hydrogen) atoms. The normalized spacial score (nSPS) is 13.6. The summed E-state index contributed by atoms with van der Waals surface area (Å²) in [6.45, 7) is 10.3. The van der Waals surface area contributed by atoms with Gasteiger partial charge in [-0.3, -0.25) is 4.79 Å². The first-order valence-corrected chi connectivity index (χ1v) is 12.5. The van der Waals surface area contributed by atoms with Gasteiger partial charge in [0, 0.05) is 32.8 Å². The number of rotatable bonds is 15. The second kappa shape index (κ2) is 12.8. The second-order valence-electron chi connectivity index (χ2n) is 5.71. The summed E-state index contributed by atoms with van der Waals surface area (Å²) >= 11 is 0. The van der Waals surface area contributed by atoms with Gasteiger partial charge in [0.15, 0.2) is 0 Å². The third-order valence-corrected chi connectivity index (χ3v) is 8.51.